The molecule has 3 nitrogen and oxygen atoms in total. The molecule has 5 heteroatoms. The second-order valence-corrected chi connectivity index (χ2v) is 5.67. The van der Waals surface area contributed by atoms with E-state index in [1.165, 1.54) is 0 Å². The van der Waals surface area contributed by atoms with Crippen molar-refractivity contribution >= 4 is 39.2 Å². The highest BCUT2D eigenvalue weighted by atomic mass is 79.9. The number of carbonyl (C=O) groups is 1. The zero-order valence-electron chi connectivity index (χ0n) is 10.7. The van der Waals surface area contributed by atoms with Crippen molar-refractivity contribution < 1.29 is 9.90 Å². The average molecular weight is 355 g/mol. The number of carboxylic acid groups (broad SMARTS) is 1. The van der Waals surface area contributed by atoms with E-state index in [0.29, 0.717) is 15.1 Å². The van der Waals surface area contributed by atoms with Crippen LogP contribution in [0.4, 0.5) is 5.69 Å². The van der Waals surface area contributed by atoms with Gasteiger partial charge in [0.05, 0.1) is 5.02 Å². The molecule has 0 aliphatic carbocycles. The van der Waals surface area contributed by atoms with Crippen LogP contribution in [0, 0.1) is 6.92 Å². The van der Waals surface area contributed by atoms with Gasteiger partial charge in [-0.25, -0.2) is 4.79 Å². The zero-order chi connectivity index (χ0) is 14.7. The van der Waals surface area contributed by atoms with Crippen LogP contribution in [0.1, 0.15) is 17.2 Å². The number of benzene rings is 2. The Labute approximate surface area is 130 Å². The molecular weight excluding hydrogens is 342 g/mol. The second-order valence-electron chi connectivity index (χ2n) is 4.40. The predicted octanol–water partition coefficient (Wildman–Crippen LogP) is 4.65. The molecule has 0 saturated carbocycles. The predicted molar refractivity (Wildman–Crippen MR) is 84.3 cm³/mol. The molecule has 0 saturated heterocycles. The van der Waals surface area contributed by atoms with E-state index in [1.54, 1.807) is 18.2 Å². The summed E-state index contributed by atoms with van der Waals surface area (Å²) >= 11 is 9.25. The molecular formula is C15H13BrClNO2. The highest BCUT2D eigenvalue weighted by Crippen LogP contribution is 2.28. The molecule has 0 aromatic heterocycles. The topological polar surface area (TPSA) is 49.3 Å². The Morgan fingerprint density at radius 2 is 2.00 bits per heavy atom. The standard InChI is InChI=1S/C15H13BrClNO2/c1-9-4-2-3-5-13(9)18-14(15(19)20)10-6-7-12(17)11(16)8-10/h2-8,14,18H,1H3,(H,19,20). The van der Waals surface area contributed by atoms with E-state index in [4.69, 9.17) is 11.6 Å². The van der Waals surface area contributed by atoms with Gasteiger partial charge in [-0.1, -0.05) is 35.9 Å². The highest BCUT2D eigenvalue weighted by molar-refractivity contribution is 9.10. The SMILES string of the molecule is Cc1ccccc1NC(C(=O)O)c1ccc(Cl)c(Br)c1. The largest absolute Gasteiger partial charge is 0.479 e. The summed E-state index contributed by atoms with van der Waals surface area (Å²) in [6.07, 6.45) is 0. The molecule has 0 spiro atoms. The summed E-state index contributed by atoms with van der Waals surface area (Å²) in [4.78, 5) is 11.5. The second kappa shape index (κ2) is 6.29. The minimum atomic E-state index is -0.942. The van der Waals surface area contributed by atoms with Crippen LogP contribution in [0.15, 0.2) is 46.9 Å². The zero-order valence-corrected chi connectivity index (χ0v) is 13.1. The number of nitrogens with one attached hydrogen (secondary N) is 1. The Kier molecular flexibility index (Phi) is 4.68. The van der Waals surface area contributed by atoms with Crippen molar-refractivity contribution in [1.82, 2.24) is 0 Å². The van der Waals surface area contributed by atoms with Crippen LogP contribution in [0.5, 0.6) is 0 Å². The van der Waals surface area contributed by atoms with Crippen molar-refractivity contribution in [3.05, 3.63) is 63.1 Å². The van der Waals surface area contributed by atoms with E-state index in [1.807, 2.05) is 31.2 Å². The van der Waals surface area contributed by atoms with Crippen molar-refractivity contribution in [2.24, 2.45) is 0 Å². The van der Waals surface area contributed by atoms with E-state index in [9.17, 15) is 9.90 Å². The number of rotatable bonds is 4. The first-order valence-corrected chi connectivity index (χ1v) is 7.16. The van der Waals surface area contributed by atoms with Gasteiger partial charge in [0.25, 0.3) is 0 Å². The summed E-state index contributed by atoms with van der Waals surface area (Å²) in [7, 11) is 0. The molecule has 104 valence electrons. The minimum Gasteiger partial charge on any atom is -0.479 e. The first kappa shape index (κ1) is 14.9. The van der Waals surface area contributed by atoms with Gasteiger partial charge in [0.1, 0.15) is 0 Å². The lowest BCUT2D eigenvalue weighted by Crippen LogP contribution is -2.20. The van der Waals surface area contributed by atoms with Gasteiger partial charge >= 0.3 is 5.97 Å². The molecule has 0 bridgehead atoms. The Balaban J connectivity index is 2.34. The molecule has 2 aromatic rings. The van der Waals surface area contributed by atoms with Crippen LogP contribution in [0.25, 0.3) is 0 Å². The number of anilines is 1. The Morgan fingerprint density at radius 1 is 1.30 bits per heavy atom. The number of hydrogen-bond donors (Lipinski definition) is 2. The van der Waals surface area contributed by atoms with Gasteiger partial charge in [-0.15, -0.1) is 0 Å². The smallest absolute Gasteiger partial charge is 0.330 e. The van der Waals surface area contributed by atoms with Crippen LogP contribution in [-0.4, -0.2) is 11.1 Å². The third-order valence-electron chi connectivity index (χ3n) is 2.97. The van der Waals surface area contributed by atoms with Gasteiger partial charge in [-0.05, 0) is 52.2 Å². The summed E-state index contributed by atoms with van der Waals surface area (Å²) in [6.45, 7) is 1.93. The van der Waals surface area contributed by atoms with Crippen LogP contribution in [0.2, 0.25) is 5.02 Å². The van der Waals surface area contributed by atoms with E-state index in [-0.39, 0.29) is 0 Å². The van der Waals surface area contributed by atoms with E-state index in [2.05, 4.69) is 21.2 Å². The molecule has 0 heterocycles. The minimum absolute atomic E-state index is 0.550. The Hall–Kier alpha value is -1.52. The third kappa shape index (κ3) is 3.32. The monoisotopic (exact) mass is 353 g/mol. The molecule has 0 radical (unpaired) electrons. The van der Waals surface area contributed by atoms with Crippen molar-refractivity contribution in [3.8, 4) is 0 Å². The molecule has 1 atom stereocenters. The van der Waals surface area contributed by atoms with E-state index in [0.717, 1.165) is 11.3 Å². The van der Waals surface area contributed by atoms with Crippen LogP contribution < -0.4 is 5.32 Å². The lowest BCUT2D eigenvalue weighted by molar-refractivity contribution is -0.138. The van der Waals surface area contributed by atoms with Crippen LogP contribution in [0.3, 0.4) is 0 Å². The molecule has 20 heavy (non-hydrogen) atoms. The summed E-state index contributed by atoms with van der Waals surface area (Å²) in [5, 5.41) is 13.0. The molecule has 2 N–H and O–H groups in total. The molecule has 0 fully saturated rings. The van der Waals surface area contributed by atoms with Gasteiger partial charge in [-0.2, -0.15) is 0 Å². The van der Waals surface area contributed by atoms with Gasteiger partial charge in [0.2, 0.25) is 0 Å². The van der Waals surface area contributed by atoms with Gasteiger partial charge in [0, 0.05) is 10.2 Å². The van der Waals surface area contributed by atoms with Crippen molar-refractivity contribution in [2.75, 3.05) is 5.32 Å². The maximum Gasteiger partial charge on any atom is 0.330 e. The van der Waals surface area contributed by atoms with Crippen LogP contribution >= 0.6 is 27.5 Å². The quantitative estimate of drug-likeness (QED) is 0.840. The first-order valence-electron chi connectivity index (χ1n) is 5.99. The molecule has 0 amide bonds. The van der Waals surface area contributed by atoms with Crippen molar-refractivity contribution in [1.29, 1.82) is 0 Å². The Bertz CT molecular complexity index is 646. The molecule has 0 aliphatic heterocycles. The number of aryl methyl sites for hydroxylation is 1. The van der Waals surface area contributed by atoms with Crippen molar-refractivity contribution in [3.63, 3.8) is 0 Å². The fraction of sp³-hybridized carbons (Fsp3) is 0.133. The molecule has 2 aromatic carbocycles. The third-order valence-corrected chi connectivity index (χ3v) is 4.18. The summed E-state index contributed by atoms with van der Waals surface area (Å²) < 4.78 is 0.675. The number of para-hydroxylation sites is 1. The highest BCUT2D eigenvalue weighted by Gasteiger charge is 2.20. The number of hydrogen-bond acceptors (Lipinski definition) is 2. The average Bonchev–Trinajstić information content (AvgIpc) is 2.41. The Morgan fingerprint density at radius 3 is 2.60 bits per heavy atom. The summed E-state index contributed by atoms with van der Waals surface area (Å²) in [5.74, 6) is -0.942. The normalized spacial score (nSPS) is 11.9. The fourth-order valence-corrected chi connectivity index (χ4v) is 2.38. The number of aliphatic carboxylic acids is 1. The van der Waals surface area contributed by atoms with E-state index >= 15 is 0 Å². The molecule has 0 aliphatic rings. The summed E-state index contributed by atoms with van der Waals surface area (Å²) in [6, 6.07) is 11.8. The number of carboxylic acids is 1. The lowest BCUT2D eigenvalue weighted by atomic mass is 10.1. The maximum atomic E-state index is 11.5. The fourth-order valence-electron chi connectivity index (χ4n) is 1.87. The first-order chi connectivity index (χ1) is 9.49. The molecule has 2 rings (SSSR count). The maximum absolute atomic E-state index is 11.5. The van der Waals surface area contributed by atoms with Gasteiger partial charge in [-0.3, -0.25) is 0 Å². The van der Waals surface area contributed by atoms with Crippen molar-refractivity contribution in [2.45, 2.75) is 13.0 Å². The lowest BCUT2D eigenvalue weighted by Gasteiger charge is -2.18. The van der Waals surface area contributed by atoms with Crippen LogP contribution in [-0.2, 0) is 4.79 Å². The van der Waals surface area contributed by atoms with Gasteiger partial charge < -0.3 is 10.4 Å². The summed E-state index contributed by atoms with van der Waals surface area (Å²) in [5.41, 5.74) is 2.43. The number of halogens is 2. The van der Waals surface area contributed by atoms with E-state index < -0.39 is 12.0 Å². The van der Waals surface area contributed by atoms with Gasteiger partial charge in [0.15, 0.2) is 6.04 Å². The molecule has 1 unspecified atom stereocenters.